The van der Waals surface area contributed by atoms with Crippen molar-refractivity contribution in [2.75, 3.05) is 18.0 Å². The van der Waals surface area contributed by atoms with Crippen LogP contribution >= 0.6 is 0 Å². The van der Waals surface area contributed by atoms with Gasteiger partial charge >= 0.3 is 6.36 Å². The molecule has 1 fully saturated rings. The van der Waals surface area contributed by atoms with E-state index in [0.29, 0.717) is 5.92 Å². The van der Waals surface area contributed by atoms with Gasteiger partial charge in [0.25, 0.3) is 0 Å². The van der Waals surface area contributed by atoms with E-state index in [2.05, 4.69) is 9.64 Å². The fourth-order valence-corrected chi connectivity index (χ4v) is 3.26. The van der Waals surface area contributed by atoms with E-state index in [9.17, 15) is 18.3 Å². The zero-order valence-electron chi connectivity index (χ0n) is 13.7. The molecule has 0 amide bonds. The molecule has 0 spiro atoms. The Kier molecular flexibility index (Phi) is 5.06. The predicted molar refractivity (Wildman–Crippen MR) is 89.9 cm³/mol. The third-order valence-electron chi connectivity index (χ3n) is 4.49. The van der Waals surface area contributed by atoms with Crippen LogP contribution in [0.25, 0.3) is 0 Å². The summed E-state index contributed by atoms with van der Waals surface area (Å²) in [5.41, 5.74) is 1.95. The largest absolute Gasteiger partial charge is 0.573 e. The van der Waals surface area contributed by atoms with Crippen LogP contribution in [0.3, 0.4) is 0 Å². The quantitative estimate of drug-likeness (QED) is 0.863. The fraction of sp³-hybridized carbons (Fsp3) is 0.368. The number of piperidine rings is 1. The van der Waals surface area contributed by atoms with E-state index in [1.54, 1.807) is 18.2 Å². The molecule has 2 aromatic rings. The van der Waals surface area contributed by atoms with Crippen LogP contribution in [0.15, 0.2) is 48.5 Å². The molecule has 0 bridgehead atoms. The van der Waals surface area contributed by atoms with Crippen LogP contribution in [0.2, 0.25) is 0 Å². The van der Waals surface area contributed by atoms with E-state index >= 15 is 0 Å². The number of benzene rings is 2. The lowest BCUT2D eigenvalue weighted by Crippen LogP contribution is -2.34. The maximum atomic E-state index is 12.3. The SMILES string of the molecule is Oc1ccc(N2CCC(Cc3cccc(OC(F)(F)F)c3)CC2)cc1. The number of nitrogens with zero attached hydrogens (tertiary/aromatic N) is 1. The summed E-state index contributed by atoms with van der Waals surface area (Å²) >= 11 is 0. The Morgan fingerprint density at radius 1 is 1.04 bits per heavy atom. The summed E-state index contributed by atoms with van der Waals surface area (Å²) in [6.45, 7) is 1.79. The molecule has 1 heterocycles. The van der Waals surface area contributed by atoms with Gasteiger partial charge in [-0.15, -0.1) is 13.2 Å². The first-order valence-electron chi connectivity index (χ1n) is 8.28. The third kappa shape index (κ3) is 5.05. The molecular formula is C19H20F3NO2. The molecule has 1 aliphatic heterocycles. The maximum absolute atomic E-state index is 12.3. The third-order valence-corrected chi connectivity index (χ3v) is 4.49. The van der Waals surface area contributed by atoms with E-state index in [4.69, 9.17) is 0 Å². The van der Waals surface area contributed by atoms with Gasteiger partial charge in [-0.2, -0.15) is 0 Å². The van der Waals surface area contributed by atoms with Crippen molar-refractivity contribution < 1.29 is 23.0 Å². The minimum atomic E-state index is -4.66. The molecule has 1 aliphatic rings. The number of anilines is 1. The molecule has 0 aliphatic carbocycles. The highest BCUT2D eigenvalue weighted by atomic mass is 19.4. The first-order chi connectivity index (χ1) is 11.9. The number of halogens is 3. The van der Waals surface area contributed by atoms with Crippen molar-refractivity contribution in [1.82, 2.24) is 0 Å². The van der Waals surface area contributed by atoms with Crippen molar-refractivity contribution in [3.63, 3.8) is 0 Å². The topological polar surface area (TPSA) is 32.7 Å². The molecule has 1 N–H and O–H groups in total. The zero-order chi connectivity index (χ0) is 17.9. The van der Waals surface area contributed by atoms with Crippen LogP contribution in [-0.2, 0) is 6.42 Å². The predicted octanol–water partition coefficient (Wildman–Crippen LogP) is 4.75. The summed E-state index contributed by atoms with van der Waals surface area (Å²) in [6, 6.07) is 13.4. The van der Waals surface area contributed by atoms with E-state index in [-0.39, 0.29) is 11.5 Å². The molecule has 1 saturated heterocycles. The lowest BCUT2D eigenvalue weighted by atomic mass is 9.90. The molecule has 0 atom stereocenters. The molecule has 134 valence electrons. The lowest BCUT2D eigenvalue weighted by Gasteiger charge is -2.33. The van der Waals surface area contributed by atoms with Gasteiger partial charge in [-0.25, -0.2) is 0 Å². The molecule has 3 nitrogen and oxygen atoms in total. The summed E-state index contributed by atoms with van der Waals surface area (Å²) in [6.07, 6.45) is -1.96. The minimum absolute atomic E-state index is 0.161. The van der Waals surface area contributed by atoms with Gasteiger partial charge in [0.15, 0.2) is 0 Å². The second-order valence-corrected chi connectivity index (χ2v) is 6.35. The average Bonchev–Trinajstić information content (AvgIpc) is 2.55. The van der Waals surface area contributed by atoms with Crippen LogP contribution in [0.1, 0.15) is 18.4 Å². The van der Waals surface area contributed by atoms with Gasteiger partial charge in [0, 0.05) is 18.8 Å². The Bertz CT molecular complexity index is 693. The highest BCUT2D eigenvalue weighted by Gasteiger charge is 2.31. The van der Waals surface area contributed by atoms with Gasteiger partial charge in [0.2, 0.25) is 0 Å². The normalized spacial score (nSPS) is 16.0. The zero-order valence-corrected chi connectivity index (χ0v) is 13.7. The molecule has 3 rings (SSSR count). The molecule has 2 aromatic carbocycles. The van der Waals surface area contributed by atoms with Gasteiger partial charge in [-0.1, -0.05) is 12.1 Å². The smallest absolute Gasteiger partial charge is 0.508 e. The number of alkyl halides is 3. The Balaban J connectivity index is 1.55. The monoisotopic (exact) mass is 351 g/mol. The van der Waals surface area contributed by atoms with Gasteiger partial charge in [-0.05, 0) is 67.1 Å². The summed E-state index contributed by atoms with van der Waals surface area (Å²) in [7, 11) is 0. The van der Waals surface area contributed by atoms with Gasteiger partial charge in [0.05, 0.1) is 0 Å². The van der Waals surface area contributed by atoms with Gasteiger partial charge < -0.3 is 14.7 Å². The van der Waals surface area contributed by atoms with E-state index in [1.807, 2.05) is 18.2 Å². The molecule has 6 heteroatoms. The molecule has 0 aromatic heterocycles. The van der Waals surface area contributed by atoms with E-state index < -0.39 is 6.36 Å². The minimum Gasteiger partial charge on any atom is -0.508 e. The number of aromatic hydroxyl groups is 1. The average molecular weight is 351 g/mol. The Morgan fingerprint density at radius 3 is 2.36 bits per heavy atom. The van der Waals surface area contributed by atoms with Crippen molar-refractivity contribution in [1.29, 1.82) is 0 Å². The lowest BCUT2D eigenvalue weighted by molar-refractivity contribution is -0.274. The standard InChI is InChI=1S/C19H20F3NO2/c20-19(21,22)25-18-3-1-2-15(13-18)12-14-8-10-23(11-9-14)16-4-6-17(24)7-5-16/h1-7,13-14,24H,8-12H2. The fourth-order valence-electron chi connectivity index (χ4n) is 3.26. The Labute approximate surface area is 144 Å². The molecule has 0 radical (unpaired) electrons. The van der Waals surface area contributed by atoms with Gasteiger partial charge in [0.1, 0.15) is 11.5 Å². The number of ether oxygens (including phenoxy) is 1. The van der Waals surface area contributed by atoms with Gasteiger partial charge in [-0.3, -0.25) is 0 Å². The summed E-state index contributed by atoms with van der Waals surface area (Å²) < 4.78 is 40.9. The molecular weight excluding hydrogens is 331 g/mol. The maximum Gasteiger partial charge on any atom is 0.573 e. The highest BCUT2D eigenvalue weighted by molar-refractivity contribution is 5.49. The first-order valence-corrected chi connectivity index (χ1v) is 8.28. The number of hydrogen-bond donors (Lipinski definition) is 1. The van der Waals surface area contributed by atoms with Crippen LogP contribution in [0.5, 0.6) is 11.5 Å². The van der Waals surface area contributed by atoms with Crippen LogP contribution in [0.4, 0.5) is 18.9 Å². The van der Waals surface area contributed by atoms with Crippen molar-refractivity contribution in [3.05, 3.63) is 54.1 Å². The molecule has 0 unspecified atom stereocenters. The van der Waals surface area contributed by atoms with Crippen molar-refractivity contribution in [3.8, 4) is 11.5 Å². The Hall–Kier alpha value is -2.37. The van der Waals surface area contributed by atoms with Crippen molar-refractivity contribution in [2.45, 2.75) is 25.6 Å². The van der Waals surface area contributed by atoms with Crippen LogP contribution in [-0.4, -0.2) is 24.6 Å². The van der Waals surface area contributed by atoms with Crippen molar-refractivity contribution >= 4 is 5.69 Å². The second kappa shape index (κ2) is 7.25. The number of rotatable bonds is 4. The molecule has 0 saturated carbocycles. The van der Waals surface area contributed by atoms with Crippen molar-refractivity contribution in [2.24, 2.45) is 5.92 Å². The van der Waals surface area contributed by atoms with E-state index in [1.165, 1.54) is 12.1 Å². The summed E-state index contributed by atoms with van der Waals surface area (Å²) in [4.78, 5) is 2.26. The second-order valence-electron chi connectivity index (χ2n) is 6.35. The number of hydrogen-bond acceptors (Lipinski definition) is 3. The first kappa shape index (κ1) is 17.5. The summed E-state index contributed by atoms with van der Waals surface area (Å²) in [5.74, 6) is 0.528. The number of phenolic OH excluding ortho intramolecular Hbond substituents is 1. The van der Waals surface area contributed by atoms with Crippen LogP contribution < -0.4 is 9.64 Å². The Morgan fingerprint density at radius 2 is 1.72 bits per heavy atom. The summed E-state index contributed by atoms with van der Waals surface area (Å²) in [5, 5.41) is 9.36. The van der Waals surface area contributed by atoms with Crippen LogP contribution in [0, 0.1) is 5.92 Å². The molecule has 25 heavy (non-hydrogen) atoms. The van der Waals surface area contributed by atoms with E-state index in [0.717, 1.165) is 43.6 Å². The number of phenols is 1. The highest BCUT2D eigenvalue weighted by Crippen LogP contribution is 2.29.